The monoisotopic (exact) mass is 279 g/mol. The maximum atomic E-state index is 11.2. The summed E-state index contributed by atoms with van der Waals surface area (Å²) in [6, 6.07) is 5.56. The highest BCUT2D eigenvalue weighted by molar-refractivity contribution is 5.65. The predicted molar refractivity (Wildman–Crippen MR) is 78.3 cm³/mol. The maximum absolute atomic E-state index is 11.2. The highest BCUT2D eigenvalue weighted by Gasteiger charge is 2.26. The molecule has 110 valence electrons. The molecule has 0 heterocycles. The zero-order valence-corrected chi connectivity index (χ0v) is 11.9. The van der Waals surface area contributed by atoms with Gasteiger partial charge in [-0.25, -0.2) is 0 Å². The van der Waals surface area contributed by atoms with Gasteiger partial charge in [0.05, 0.1) is 18.1 Å². The van der Waals surface area contributed by atoms with E-state index >= 15 is 0 Å². The van der Waals surface area contributed by atoms with Crippen molar-refractivity contribution in [2.45, 2.75) is 37.8 Å². The number of benzene rings is 1. The zero-order valence-electron chi connectivity index (χ0n) is 11.9. The Hall–Kier alpha value is -1.82. The first-order valence-corrected chi connectivity index (χ1v) is 6.83. The van der Waals surface area contributed by atoms with Gasteiger partial charge in [-0.3, -0.25) is 10.1 Å². The molecule has 0 amide bonds. The van der Waals surface area contributed by atoms with Crippen LogP contribution in [-0.2, 0) is 0 Å². The summed E-state index contributed by atoms with van der Waals surface area (Å²) in [5.41, 5.74) is 6.63. The summed E-state index contributed by atoms with van der Waals surface area (Å²) >= 11 is 0. The van der Waals surface area contributed by atoms with Gasteiger partial charge in [-0.2, -0.15) is 0 Å². The molecule has 1 fully saturated rings. The molecular formula is C14H21N3O3. The molecule has 0 aliphatic heterocycles. The molecule has 1 aliphatic rings. The topological polar surface area (TPSA) is 81.6 Å². The van der Waals surface area contributed by atoms with Crippen LogP contribution in [-0.4, -0.2) is 31.2 Å². The van der Waals surface area contributed by atoms with Crippen LogP contribution in [0, 0.1) is 10.1 Å². The first-order chi connectivity index (χ1) is 9.52. The van der Waals surface area contributed by atoms with Crippen molar-refractivity contribution in [1.82, 2.24) is 0 Å². The van der Waals surface area contributed by atoms with Gasteiger partial charge in [0.25, 0.3) is 5.69 Å². The lowest BCUT2D eigenvalue weighted by atomic mass is 9.90. The van der Waals surface area contributed by atoms with E-state index in [4.69, 9.17) is 10.5 Å². The molecule has 1 aromatic rings. The molecule has 0 bridgehead atoms. The van der Waals surface area contributed by atoms with Gasteiger partial charge in [0.15, 0.2) is 0 Å². The largest absolute Gasteiger partial charge is 0.496 e. The van der Waals surface area contributed by atoms with Gasteiger partial charge >= 0.3 is 0 Å². The molecule has 0 saturated heterocycles. The number of nitrogens with two attached hydrogens (primary N) is 1. The molecule has 0 atom stereocenters. The van der Waals surface area contributed by atoms with Gasteiger partial charge in [0.2, 0.25) is 0 Å². The van der Waals surface area contributed by atoms with Gasteiger partial charge in [0, 0.05) is 19.1 Å². The van der Waals surface area contributed by atoms with E-state index in [0.717, 1.165) is 25.7 Å². The number of nitro benzene ring substituents is 1. The Labute approximate surface area is 118 Å². The SMILES string of the molecule is COc1ccc(N(C)C2CCC(N)CC2)c([N+](=O)[O-])c1. The number of nitro groups is 1. The number of nitrogens with zero attached hydrogens (tertiary/aromatic N) is 2. The summed E-state index contributed by atoms with van der Waals surface area (Å²) in [5, 5.41) is 11.2. The Morgan fingerprint density at radius 1 is 1.35 bits per heavy atom. The number of rotatable bonds is 4. The molecule has 1 aliphatic carbocycles. The van der Waals surface area contributed by atoms with Crippen LogP contribution in [0.4, 0.5) is 11.4 Å². The maximum Gasteiger partial charge on any atom is 0.296 e. The van der Waals surface area contributed by atoms with Crippen LogP contribution in [0.5, 0.6) is 5.75 Å². The molecule has 1 aromatic carbocycles. The van der Waals surface area contributed by atoms with E-state index in [2.05, 4.69) is 0 Å². The summed E-state index contributed by atoms with van der Waals surface area (Å²) in [6.07, 6.45) is 3.89. The van der Waals surface area contributed by atoms with Crippen molar-refractivity contribution >= 4 is 11.4 Å². The molecular weight excluding hydrogens is 258 g/mol. The second kappa shape index (κ2) is 6.09. The van der Waals surface area contributed by atoms with Crippen molar-refractivity contribution in [2.24, 2.45) is 5.73 Å². The van der Waals surface area contributed by atoms with Crippen molar-refractivity contribution in [3.8, 4) is 5.75 Å². The molecule has 0 unspecified atom stereocenters. The summed E-state index contributed by atoms with van der Waals surface area (Å²) in [5.74, 6) is 0.500. The van der Waals surface area contributed by atoms with E-state index in [-0.39, 0.29) is 16.7 Å². The fourth-order valence-electron chi connectivity index (χ4n) is 2.76. The van der Waals surface area contributed by atoms with E-state index in [1.165, 1.54) is 13.2 Å². The van der Waals surface area contributed by atoms with E-state index in [9.17, 15) is 10.1 Å². The quantitative estimate of drug-likeness (QED) is 0.675. The standard InChI is InChI=1S/C14H21N3O3/c1-16(11-5-3-10(15)4-6-11)13-8-7-12(20-2)9-14(13)17(18)19/h7-11H,3-6,15H2,1-2H3. The molecule has 6 heteroatoms. The summed E-state index contributed by atoms with van der Waals surface area (Å²) in [7, 11) is 3.42. The molecule has 0 aromatic heterocycles. The van der Waals surface area contributed by atoms with Crippen LogP contribution in [0.15, 0.2) is 18.2 Å². The Balaban J connectivity index is 2.24. The Morgan fingerprint density at radius 3 is 2.55 bits per heavy atom. The lowest BCUT2D eigenvalue weighted by molar-refractivity contribution is -0.384. The molecule has 2 N–H and O–H groups in total. The number of hydrogen-bond acceptors (Lipinski definition) is 5. The van der Waals surface area contributed by atoms with Crippen LogP contribution in [0.3, 0.4) is 0 Å². The first kappa shape index (κ1) is 14.6. The van der Waals surface area contributed by atoms with Crippen LogP contribution in [0.2, 0.25) is 0 Å². The normalized spacial score (nSPS) is 22.4. The van der Waals surface area contributed by atoms with Crippen LogP contribution < -0.4 is 15.4 Å². The van der Waals surface area contributed by atoms with Gasteiger partial charge in [-0.1, -0.05) is 0 Å². The summed E-state index contributed by atoms with van der Waals surface area (Å²) in [4.78, 5) is 12.9. The van der Waals surface area contributed by atoms with Gasteiger partial charge in [-0.05, 0) is 37.8 Å². The molecule has 1 saturated carbocycles. The lowest BCUT2D eigenvalue weighted by Crippen LogP contribution is -2.39. The minimum absolute atomic E-state index is 0.0849. The number of hydrogen-bond donors (Lipinski definition) is 1. The minimum Gasteiger partial charge on any atom is -0.496 e. The van der Waals surface area contributed by atoms with Gasteiger partial charge < -0.3 is 15.4 Å². The third kappa shape index (κ3) is 3.01. The fraction of sp³-hybridized carbons (Fsp3) is 0.571. The van der Waals surface area contributed by atoms with Crippen LogP contribution in [0.1, 0.15) is 25.7 Å². The van der Waals surface area contributed by atoms with E-state index < -0.39 is 0 Å². The smallest absolute Gasteiger partial charge is 0.296 e. The molecule has 2 rings (SSSR count). The average Bonchev–Trinajstić information content (AvgIpc) is 2.46. The van der Waals surface area contributed by atoms with Crippen LogP contribution >= 0.6 is 0 Å². The fourth-order valence-corrected chi connectivity index (χ4v) is 2.76. The number of anilines is 1. The van der Waals surface area contributed by atoms with Gasteiger partial charge in [0.1, 0.15) is 11.4 Å². The highest BCUT2D eigenvalue weighted by Crippen LogP contribution is 2.34. The van der Waals surface area contributed by atoms with Gasteiger partial charge in [-0.15, -0.1) is 0 Å². The van der Waals surface area contributed by atoms with E-state index in [0.29, 0.717) is 17.5 Å². The van der Waals surface area contributed by atoms with Crippen molar-refractivity contribution in [3.63, 3.8) is 0 Å². The zero-order chi connectivity index (χ0) is 14.7. The Bertz CT molecular complexity index is 485. The number of ether oxygens (including phenoxy) is 1. The van der Waals surface area contributed by atoms with E-state index in [1.807, 2.05) is 11.9 Å². The van der Waals surface area contributed by atoms with Crippen LogP contribution in [0.25, 0.3) is 0 Å². The van der Waals surface area contributed by atoms with Crippen molar-refractivity contribution < 1.29 is 9.66 Å². The highest BCUT2D eigenvalue weighted by atomic mass is 16.6. The minimum atomic E-state index is -0.358. The van der Waals surface area contributed by atoms with Crippen molar-refractivity contribution in [2.75, 3.05) is 19.1 Å². The first-order valence-electron chi connectivity index (χ1n) is 6.83. The Kier molecular flexibility index (Phi) is 4.44. The lowest BCUT2D eigenvalue weighted by Gasteiger charge is -2.34. The molecule has 6 nitrogen and oxygen atoms in total. The predicted octanol–water partition coefficient (Wildman–Crippen LogP) is 2.31. The second-order valence-corrected chi connectivity index (χ2v) is 5.29. The van der Waals surface area contributed by atoms with Crippen molar-refractivity contribution in [1.29, 1.82) is 0 Å². The van der Waals surface area contributed by atoms with E-state index in [1.54, 1.807) is 12.1 Å². The average molecular weight is 279 g/mol. The Morgan fingerprint density at radius 2 is 2.00 bits per heavy atom. The number of methoxy groups -OCH3 is 1. The summed E-state index contributed by atoms with van der Waals surface area (Å²) < 4.78 is 5.06. The molecule has 20 heavy (non-hydrogen) atoms. The second-order valence-electron chi connectivity index (χ2n) is 5.29. The molecule has 0 radical (unpaired) electrons. The molecule has 0 spiro atoms. The summed E-state index contributed by atoms with van der Waals surface area (Å²) in [6.45, 7) is 0. The third-order valence-corrected chi connectivity index (χ3v) is 4.05. The third-order valence-electron chi connectivity index (χ3n) is 4.05. The van der Waals surface area contributed by atoms with Crippen molar-refractivity contribution in [3.05, 3.63) is 28.3 Å².